The molecule has 0 unspecified atom stereocenters. The molecule has 7 nitrogen and oxygen atoms in total. The highest BCUT2D eigenvalue weighted by molar-refractivity contribution is 5.94. The summed E-state index contributed by atoms with van der Waals surface area (Å²) in [6.45, 7) is 0.169. The van der Waals surface area contributed by atoms with Crippen LogP contribution in [0.1, 0.15) is 40.8 Å². The molecule has 7 heteroatoms. The number of nitrogens with one attached hydrogen (secondary N) is 2. The summed E-state index contributed by atoms with van der Waals surface area (Å²) in [6, 6.07) is 5.13. The van der Waals surface area contributed by atoms with Gasteiger partial charge >= 0.3 is 0 Å². The minimum absolute atomic E-state index is 0.120. The van der Waals surface area contributed by atoms with E-state index in [2.05, 4.69) is 15.8 Å². The van der Waals surface area contributed by atoms with Crippen LogP contribution < -0.4 is 10.6 Å². The zero-order valence-electron chi connectivity index (χ0n) is 11.3. The van der Waals surface area contributed by atoms with Crippen LogP contribution in [0.25, 0.3) is 0 Å². The molecule has 2 aromatic heterocycles. The second kappa shape index (κ2) is 5.82. The third-order valence-electron chi connectivity index (χ3n) is 3.19. The maximum atomic E-state index is 11.8. The molecule has 2 heterocycles. The van der Waals surface area contributed by atoms with Gasteiger partial charge in [0.1, 0.15) is 11.5 Å². The summed E-state index contributed by atoms with van der Waals surface area (Å²) < 4.78 is 10.2. The third-order valence-corrected chi connectivity index (χ3v) is 3.19. The molecule has 0 radical (unpaired) electrons. The molecule has 3 rings (SSSR count). The molecule has 21 heavy (non-hydrogen) atoms. The fourth-order valence-corrected chi connectivity index (χ4v) is 1.87. The number of amides is 2. The number of hydrogen-bond donors (Lipinski definition) is 2. The van der Waals surface area contributed by atoms with Crippen molar-refractivity contribution in [3.05, 3.63) is 41.7 Å². The number of nitrogens with zero attached hydrogens (tertiary/aromatic N) is 1. The normalized spacial score (nSPS) is 13.9. The maximum Gasteiger partial charge on any atom is 0.273 e. The van der Waals surface area contributed by atoms with Gasteiger partial charge in [-0.2, -0.15) is 0 Å². The average molecular weight is 289 g/mol. The lowest BCUT2D eigenvalue weighted by Crippen LogP contribution is -2.36. The zero-order chi connectivity index (χ0) is 14.7. The summed E-state index contributed by atoms with van der Waals surface area (Å²) in [6.07, 6.45) is 3.68. The maximum absolute atomic E-state index is 11.8. The number of aromatic nitrogens is 1. The summed E-state index contributed by atoms with van der Waals surface area (Å²) in [5.74, 6) is 1.07. The van der Waals surface area contributed by atoms with Crippen molar-refractivity contribution in [1.29, 1.82) is 0 Å². The first kappa shape index (κ1) is 13.4. The monoisotopic (exact) mass is 289 g/mol. The Bertz CT molecular complexity index is 628. The highest BCUT2D eigenvalue weighted by atomic mass is 16.5. The van der Waals surface area contributed by atoms with Gasteiger partial charge in [-0.25, -0.2) is 0 Å². The molecule has 0 spiro atoms. The van der Waals surface area contributed by atoms with Crippen LogP contribution in [0.2, 0.25) is 0 Å². The summed E-state index contributed by atoms with van der Waals surface area (Å²) in [7, 11) is 0. The van der Waals surface area contributed by atoms with Gasteiger partial charge in [0.25, 0.3) is 5.91 Å². The van der Waals surface area contributed by atoms with Crippen molar-refractivity contribution in [2.75, 3.05) is 6.54 Å². The van der Waals surface area contributed by atoms with E-state index in [1.54, 1.807) is 18.2 Å². The molecule has 1 fully saturated rings. The third kappa shape index (κ3) is 3.50. The topological polar surface area (TPSA) is 97.4 Å². The Balaban J connectivity index is 1.42. The number of carbonyl (C=O) groups is 2. The summed E-state index contributed by atoms with van der Waals surface area (Å²) in [5.41, 5.74) is 0.204. The van der Waals surface area contributed by atoms with Crippen molar-refractivity contribution in [2.45, 2.75) is 25.3 Å². The van der Waals surface area contributed by atoms with Gasteiger partial charge in [-0.1, -0.05) is 5.16 Å². The molecule has 2 amide bonds. The van der Waals surface area contributed by atoms with Crippen LogP contribution in [0.15, 0.2) is 33.4 Å². The Morgan fingerprint density at radius 3 is 2.90 bits per heavy atom. The molecule has 0 atom stereocenters. The molecule has 1 aliphatic rings. The molecule has 2 N–H and O–H groups in total. The molecule has 1 aliphatic carbocycles. The van der Waals surface area contributed by atoms with E-state index < -0.39 is 5.91 Å². The van der Waals surface area contributed by atoms with Gasteiger partial charge in [0.15, 0.2) is 5.69 Å². The summed E-state index contributed by atoms with van der Waals surface area (Å²) >= 11 is 0. The first-order valence-electron chi connectivity index (χ1n) is 6.76. The van der Waals surface area contributed by atoms with E-state index in [0.717, 1.165) is 18.6 Å². The van der Waals surface area contributed by atoms with Crippen molar-refractivity contribution in [1.82, 2.24) is 15.8 Å². The van der Waals surface area contributed by atoms with E-state index in [1.807, 2.05) is 0 Å². The number of carbonyl (C=O) groups excluding carboxylic acids is 2. The molecule has 0 saturated heterocycles. The summed E-state index contributed by atoms with van der Waals surface area (Å²) in [4.78, 5) is 23.4. The molecule has 0 aromatic carbocycles. The highest BCUT2D eigenvalue weighted by Gasteiger charge is 2.28. The van der Waals surface area contributed by atoms with Crippen molar-refractivity contribution in [3.8, 4) is 0 Å². The molecule has 2 aromatic rings. The minimum Gasteiger partial charge on any atom is -0.467 e. The van der Waals surface area contributed by atoms with Gasteiger partial charge in [0.2, 0.25) is 5.91 Å². The Labute approximate surface area is 120 Å². The van der Waals surface area contributed by atoms with Gasteiger partial charge in [-0.15, -0.1) is 0 Å². The van der Waals surface area contributed by atoms with E-state index in [0.29, 0.717) is 11.7 Å². The number of furan rings is 1. The Morgan fingerprint density at radius 1 is 1.33 bits per heavy atom. The molecule has 110 valence electrons. The molecule has 0 bridgehead atoms. The minimum atomic E-state index is -0.418. The smallest absolute Gasteiger partial charge is 0.273 e. The van der Waals surface area contributed by atoms with Crippen LogP contribution in [0, 0.1) is 0 Å². The first-order valence-corrected chi connectivity index (χ1v) is 6.76. The van der Waals surface area contributed by atoms with Crippen molar-refractivity contribution in [2.24, 2.45) is 0 Å². The zero-order valence-corrected chi connectivity index (χ0v) is 11.3. The van der Waals surface area contributed by atoms with Gasteiger partial charge in [0.05, 0.1) is 19.4 Å². The van der Waals surface area contributed by atoms with E-state index in [4.69, 9.17) is 8.94 Å². The number of hydrogen-bond acceptors (Lipinski definition) is 5. The van der Waals surface area contributed by atoms with Crippen LogP contribution in [0.5, 0.6) is 0 Å². The predicted octanol–water partition coefficient (Wildman–Crippen LogP) is 1.19. The predicted molar refractivity (Wildman–Crippen MR) is 71.4 cm³/mol. The second-order valence-corrected chi connectivity index (χ2v) is 4.93. The fraction of sp³-hybridized carbons (Fsp3) is 0.357. The largest absolute Gasteiger partial charge is 0.467 e. The van der Waals surface area contributed by atoms with Gasteiger partial charge < -0.3 is 19.6 Å². The van der Waals surface area contributed by atoms with Crippen LogP contribution in [0.3, 0.4) is 0 Å². The van der Waals surface area contributed by atoms with E-state index in [1.165, 1.54) is 6.26 Å². The number of rotatable bonds is 6. The molecule has 1 saturated carbocycles. The van der Waals surface area contributed by atoms with E-state index in [-0.39, 0.29) is 24.7 Å². The van der Waals surface area contributed by atoms with Gasteiger partial charge in [-0.05, 0) is 25.0 Å². The Kier molecular flexibility index (Phi) is 3.72. The fourth-order valence-electron chi connectivity index (χ4n) is 1.87. The lowest BCUT2D eigenvalue weighted by atomic mass is 10.3. The Hall–Kier alpha value is -2.57. The van der Waals surface area contributed by atoms with Crippen LogP contribution in [-0.4, -0.2) is 23.5 Å². The van der Waals surface area contributed by atoms with Gasteiger partial charge in [0, 0.05) is 12.0 Å². The van der Waals surface area contributed by atoms with Crippen molar-refractivity contribution in [3.63, 3.8) is 0 Å². The average Bonchev–Trinajstić information content (AvgIpc) is 3.02. The first-order chi connectivity index (χ1) is 10.2. The van der Waals surface area contributed by atoms with Crippen LogP contribution >= 0.6 is 0 Å². The van der Waals surface area contributed by atoms with Gasteiger partial charge in [-0.3, -0.25) is 9.59 Å². The second-order valence-electron chi connectivity index (χ2n) is 4.93. The highest BCUT2D eigenvalue weighted by Crippen LogP contribution is 2.40. The van der Waals surface area contributed by atoms with Crippen LogP contribution in [-0.2, 0) is 11.3 Å². The van der Waals surface area contributed by atoms with Crippen molar-refractivity contribution >= 4 is 11.8 Å². The molecular formula is C14H15N3O4. The lowest BCUT2D eigenvalue weighted by molar-refractivity contribution is -0.120. The quantitative estimate of drug-likeness (QED) is 0.832. The lowest BCUT2D eigenvalue weighted by Gasteiger charge is -2.04. The van der Waals surface area contributed by atoms with Crippen molar-refractivity contribution < 1.29 is 18.5 Å². The van der Waals surface area contributed by atoms with Crippen LogP contribution in [0.4, 0.5) is 0 Å². The molecule has 0 aliphatic heterocycles. The molecular weight excluding hydrogens is 274 g/mol. The SMILES string of the molecule is O=C(CNC(=O)c1cc(C2CC2)on1)NCc1ccco1. The van der Waals surface area contributed by atoms with E-state index in [9.17, 15) is 9.59 Å². The standard InChI is InChI=1S/C14H15N3O4/c18-13(15-7-10-2-1-5-20-10)8-16-14(19)11-6-12(21-17-11)9-3-4-9/h1-2,5-6,9H,3-4,7-8H2,(H,15,18)(H,16,19). The Morgan fingerprint density at radius 2 is 2.19 bits per heavy atom. The summed E-state index contributed by atoms with van der Waals surface area (Å²) in [5, 5.41) is 8.84. The van der Waals surface area contributed by atoms with E-state index >= 15 is 0 Å².